The molecule has 0 unspecified atom stereocenters. The van der Waals surface area contributed by atoms with E-state index in [1.54, 1.807) is 6.92 Å². The minimum atomic E-state index is -0.788. The van der Waals surface area contributed by atoms with Crippen LogP contribution in [0, 0.1) is 0 Å². The SMILES string of the molecule is CCC(N)(CC)C(=O)N[C@@H](C)CO. The van der Waals surface area contributed by atoms with Crippen molar-refractivity contribution in [1.29, 1.82) is 0 Å². The summed E-state index contributed by atoms with van der Waals surface area (Å²) in [6.45, 7) is 5.44. The molecule has 0 heterocycles. The van der Waals surface area contributed by atoms with E-state index in [1.165, 1.54) is 0 Å². The topological polar surface area (TPSA) is 75.4 Å². The fraction of sp³-hybridized carbons (Fsp3) is 0.889. The van der Waals surface area contributed by atoms with Gasteiger partial charge in [0.25, 0.3) is 0 Å². The molecule has 0 saturated carbocycles. The van der Waals surface area contributed by atoms with Crippen LogP contribution in [0.4, 0.5) is 0 Å². The molecule has 78 valence electrons. The number of carbonyl (C=O) groups is 1. The second kappa shape index (κ2) is 5.19. The fourth-order valence-electron chi connectivity index (χ4n) is 0.984. The van der Waals surface area contributed by atoms with Gasteiger partial charge in [0.15, 0.2) is 0 Å². The van der Waals surface area contributed by atoms with Crippen LogP contribution < -0.4 is 11.1 Å². The summed E-state index contributed by atoms with van der Waals surface area (Å²) >= 11 is 0. The normalized spacial score (nSPS) is 13.9. The Hall–Kier alpha value is -0.610. The van der Waals surface area contributed by atoms with Crippen LogP contribution in [0.5, 0.6) is 0 Å². The molecule has 4 nitrogen and oxygen atoms in total. The lowest BCUT2D eigenvalue weighted by Crippen LogP contribution is -2.55. The number of hydrogen-bond donors (Lipinski definition) is 3. The zero-order chi connectivity index (χ0) is 10.5. The van der Waals surface area contributed by atoms with Crippen molar-refractivity contribution in [2.75, 3.05) is 6.61 Å². The van der Waals surface area contributed by atoms with Gasteiger partial charge in [0.05, 0.1) is 12.1 Å². The molecular formula is C9H20N2O2. The van der Waals surface area contributed by atoms with Crippen molar-refractivity contribution >= 4 is 5.91 Å². The van der Waals surface area contributed by atoms with Crippen LogP contribution in [0.3, 0.4) is 0 Å². The van der Waals surface area contributed by atoms with Crippen LogP contribution in [0.25, 0.3) is 0 Å². The molecule has 0 bridgehead atoms. The Morgan fingerprint density at radius 2 is 2.00 bits per heavy atom. The Kier molecular flexibility index (Phi) is 4.95. The number of aliphatic hydroxyl groups excluding tert-OH is 1. The average molecular weight is 188 g/mol. The first-order chi connectivity index (χ1) is 6.00. The van der Waals surface area contributed by atoms with Crippen molar-refractivity contribution in [3.63, 3.8) is 0 Å². The van der Waals surface area contributed by atoms with Gasteiger partial charge in [-0.2, -0.15) is 0 Å². The molecule has 0 rings (SSSR count). The van der Waals surface area contributed by atoms with Crippen molar-refractivity contribution in [1.82, 2.24) is 5.32 Å². The van der Waals surface area contributed by atoms with Crippen molar-refractivity contribution in [2.45, 2.75) is 45.2 Å². The van der Waals surface area contributed by atoms with Gasteiger partial charge >= 0.3 is 0 Å². The second-order valence-electron chi connectivity index (χ2n) is 3.42. The third-order valence-electron chi connectivity index (χ3n) is 2.37. The van der Waals surface area contributed by atoms with Gasteiger partial charge in [-0.15, -0.1) is 0 Å². The van der Waals surface area contributed by atoms with Crippen LogP contribution in [0.15, 0.2) is 0 Å². The van der Waals surface area contributed by atoms with Crippen LogP contribution in [-0.2, 0) is 4.79 Å². The first-order valence-electron chi connectivity index (χ1n) is 4.70. The van der Waals surface area contributed by atoms with Gasteiger partial charge in [0.1, 0.15) is 0 Å². The quantitative estimate of drug-likeness (QED) is 0.568. The number of amides is 1. The number of hydrogen-bond acceptors (Lipinski definition) is 3. The van der Waals surface area contributed by atoms with Crippen molar-refractivity contribution in [3.8, 4) is 0 Å². The van der Waals surface area contributed by atoms with E-state index in [0.717, 1.165) is 0 Å². The molecule has 13 heavy (non-hydrogen) atoms. The molecule has 1 amide bonds. The van der Waals surface area contributed by atoms with E-state index in [4.69, 9.17) is 10.8 Å². The molecule has 4 heteroatoms. The van der Waals surface area contributed by atoms with E-state index < -0.39 is 5.54 Å². The molecule has 1 atom stereocenters. The van der Waals surface area contributed by atoms with Gasteiger partial charge < -0.3 is 16.2 Å². The van der Waals surface area contributed by atoms with Crippen LogP contribution in [0.2, 0.25) is 0 Å². The minimum Gasteiger partial charge on any atom is -0.394 e. The van der Waals surface area contributed by atoms with E-state index in [0.29, 0.717) is 12.8 Å². The maximum absolute atomic E-state index is 11.5. The highest BCUT2D eigenvalue weighted by molar-refractivity contribution is 5.86. The molecule has 0 spiro atoms. The highest BCUT2D eigenvalue weighted by Crippen LogP contribution is 2.11. The second-order valence-corrected chi connectivity index (χ2v) is 3.42. The van der Waals surface area contributed by atoms with Gasteiger partial charge in [0.2, 0.25) is 5.91 Å². The number of nitrogens with two attached hydrogens (primary N) is 1. The monoisotopic (exact) mass is 188 g/mol. The van der Waals surface area contributed by atoms with Crippen LogP contribution in [0.1, 0.15) is 33.6 Å². The van der Waals surface area contributed by atoms with E-state index in [-0.39, 0.29) is 18.6 Å². The van der Waals surface area contributed by atoms with Crippen molar-refractivity contribution < 1.29 is 9.90 Å². The summed E-state index contributed by atoms with van der Waals surface area (Å²) < 4.78 is 0. The minimum absolute atomic E-state index is 0.0603. The summed E-state index contributed by atoms with van der Waals surface area (Å²) in [4.78, 5) is 11.5. The summed E-state index contributed by atoms with van der Waals surface area (Å²) in [5, 5.41) is 11.4. The Labute approximate surface area is 79.5 Å². The summed E-state index contributed by atoms with van der Waals surface area (Å²) in [6, 6.07) is -0.228. The Morgan fingerprint density at radius 3 is 2.31 bits per heavy atom. The lowest BCUT2D eigenvalue weighted by molar-refractivity contribution is -0.127. The van der Waals surface area contributed by atoms with E-state index in [2.05, 4.69) is 5.32 Å². The maximum atomic E-state index is 11.5. The zero-order valence-corrected chi connectivity index (χ0v) is 8.63. The number of aliphatic hydroxyl groups is 1. The highest BCUT2D eigenvalue weighted by Gasteiger charge is 2.30. The summed E-state index contributed by atoms with van der Waals surface area (Å²) in [7, 11) is 0. The van der Waals surface area contributed by atoms with Gasteiger partial charge in [0, 0.05) is 6.04 Å². The molecule has 0 aliphatic carbocycles. The van der Waals surface area contributed by atoms with E-state index in [9.17, 15) is 4.79 Å². The van der Waals surface area contributed by atoms with Gasteiger partial charge in [-0.25, -0.2) is 0 Å². The first-order valence-corrected chi connectivity index (χ1v) is 4.70. The number of nitrogens with one attached hydrogen (secondary N) is 1. The molecule has 0 aliphatic rings. The average Bonchev–Trinajstić information content (AvgIpc) is 2.16. The molecular weight excluding hydrogens is 168 g/mol. The number of carbonyl (C=O) groups excluding carboxylic acids is 1. The van der Waals surface area contributed by atoms with E-state index in [1.807, 2.05) is 13.8 Å². The fourth-order valence-corrected chi connectivity index (χ4v) is 0.984. The standard InChI is InChI=1S/C9H20N2O2/c1-4-9(10,5-2)8(13)11-7(3)6-12/h7,12H,4-6,10H2,1-3H3,(H,11,13)/t7-/m0/s1. The van der Waals surface area contributed by atoms with Gasteiger partial charge in [-0.3, -0.25) is 4.79 Å². The summed E-state index contributed by atoms with van der Waals surface area (Å²) in [5.41, 5.74) is 5.06. The molecule has 0 aromatic rings. The Morgan fingerprint density at radius 1 is 1.54 bits per heavy atom. The summed E-state index contributed by atoms with van der Waals surface area (Å²) in [5.74, 6) is -0.181. The molecule has 4 N–H and O–H groups in total. The molecule has 0 fully saturated rings. The molecule has 0 aliphatic heterocycles. The molecule has 0 radical (unpaired) electrons. The van der Waals surface area contributed by atoms with E-state index >= 15 is 0 Å². The van der Waals surface area contributed by atoms with Gasteiger partial charge in [-0.1, -0.05) is 13.8 Å². The largest absolute Gasteiger partial charge is 0.394 e. The molecule has 0 saturated heterocycles. The number of rotatable bonds is 5. The van der Waals surface area contributed by atoms with Crippen molar-refractivity contribution in [3.05, 3.63) is 0 Å². The molecule has 0 aromatic heterocycles. The van der Waals surface area contributed by atoms with Crippen molar-refractivity contribution in [2.24, 2.45) is 5.73 Å². The lowest BCUT2D eigenvalue weighted by Gasteiger charge is -2.26. The highest BCUT2D eigenvalue weighted by atomic mass is 16.3. The Bertz CT molecular complexity index is 167. The van der Waals surface area contributed by atoms with Crippen LogP contribution in [-0.4, -0.2) is 29.2 Å². The van der Waals surface area contributed by atoms with Crippen LogP contribution >= 0.6 is 0 Å². The molecule has 0 aromatic carbocycles. The Balaban J connectivity index is 4.22. The third kappa shape index (κ3) is 3.32. The smallest absolute Gasteiger partial charge is 0.240 e. The van der Waals surface area contributed by atoms with Gasteiger partial charge in [-0.05, 0) is 19.8 Å². The predicted molar refractivity (Wildman–Crippen MR) is 52.2 cm³/mol. The zero-order valence-electron chi connectivity index (χ0n) is 8.63. The predicted octanol–water partition coefficient (Wildman–Crippen LogP) is 0.000900. The maximum Gasteiger partial charge on any atom is 0.240 e. The summed E-state index contributed by atoms with van der Waals surface area (Å²) in [6.07, 6.45) is 1.21. The third-order valence-corrected chi connectivity index (χ3v) is 2.37. The lowest BCUT2D eigenvalue weighted by atomic mass is 9.93. The first kappa shape index (κ1) is 12.4.